The Labute approximate surface area is 167 Å². The van der Waals surface area contributed by atoms with Crippen LogP contribution in [0.1, 0.15) is 35.1 Å². The quantitative estimate of drug-likeness (QED) is 0.837. The molecule has 0 aliphatic carbocycles. The minimum Gasteiger partial charge on any atom is -0.352 e. The lowest BCUT2D eigenvalue weighted by molar-refractivity contribution is -0.126. The average molecular weight is 401 g/mol. The summed E-state index contributed by atoms with van der Waals surface area (Å²) in [5.41, 5.74) is 3.92. The Balaban J connectivity index is 1.59. The van der Waals surface area contributed by atoms with E-state index in [1.807, 2.05) is 51.1 Å². The number of carbonyl (C=O) groups is 1. The third kappa shape index (κ3) is 4.62. The fourth-order valence-electron chi connectivity index (χ4n) is 3.64. The zero-order valence-electron chi connectivity index (χ0n) is 16.7. The van der Waals surface area contributed by atoms with Crippen molar-refractivity contribution in [3.63, 3.8) is 0 Å². The van der Waals surface area contributed by atoms with Crippen LogP contribution in [0.15, 0.2) is 47.4 Å². The van der Waals surface area contributed by atoms with Gasteiger partial charge in [0.05, 0.1) is 4.90 Å². The van der Waals surface area contributed by atoms with Gasteiger partial charge in [-0.15, -0.1) is 0 Å². The van der Waals surface area contributed by atoms with Gasteiger partial charge in [0.15, 0.2) is 0 Å². The van der Waals surface area contributed by atoms with Crippen molar-refractivity contribution in [2.45, 2.75) is 45.1 Å². The Morgan fingerprint density at radius 3 is 2.39 bits per heavy atom. The minimum atomic E-state index is -3.52. The molecule has 0 radical (unpaired) electrons. The van der Waals surface area contributed by atoms with E-state index >= 15 is 0 Å². The van der Waals surface area contributed by atoms with Crippen LogP contribution in [0.4, 0.5) is 0 Å². The van der Waals surface area contributed by atoms with Crippen molar-refractivity contribution >= 4 is 15.9 Å². The summed E-state index contributed by atoms with van der Waals surface area (Å²) in [6.45, 7) is 6.98. The molecule has 1 aliphatic rings. The highest BCUT2D eigenvalue weighted by Gasteiger charge is 2.32. The Morgan fingerprint density at radius 2 is 1.71 bits per heavy atom. The first kappa shape index (κ1) is 20.6. The topological polar surface area (TPSA) is 66.5 Å². The molecule has 0 unspecified atom stereocenters. The van der Waals surface area contributed by atoms with E-state index in [9.17, 15) is 13.2 Å². The molecule has 1 heterocycles. The van der Waals surface area contributed by atoms with Gasteiger partial charge in [0.2, 0.25) is 15.9 Å². The summed E-state index contributed by atoms with van der Waals surface area (Å²) in [5, 5.41) is 2.99. The Kier molecular flexibility index (Phi) is 6.20. The largest absolute Gasteiger partial charge is 0.352 e. The van der Waals surface area contributed by atoms with Crippen LogP contribution in [0.2, 0.25) is 0 Å². The van der Waals surface area contributed by atoms with Gasteiger partial charge in [-0.05, 0) is 56.4 Å². The Hall–Kier alpha value is -2.18. The number of hydrogen-bond donors (Lipinski definition) is 1. The molecule has 0 bridgehead atoms. The molecule has 6 heteroatoms. The molecule has 1 saturated heterocycles. The van der Waals surface area contributed by atoms with E-state index in [4.69, 9.17) is 0 Å². The maximum absolute atomic E-state index is 13.0. The number of aryl methyl sites for hydroxylation is 3. The molecule has 2 aromatic carbocycles. The highest BCUT2D eigenvalue weighted by atomic mass is 32.2. The minimum absolute atomic E-state index is 0.00490. The standard InChI is InChI=1S/C22H28N2O3S/c1-16-5-4-6-19(13-16)15-23-22(25)20-9-11-24(12-10-20)28(26,27)21-14-17(2)7-8-18(21)3/h4-8,13-14,20H,9-12,15H2,1-3H3,(H,23,25). The van der Waals surface area contributed by atoms with E-state index in [0.717, 1.165) is 22.3 Å². The molecule has 1 N–H and O–H groups in total. The van der Waals surface area contributed by atoms with Crippen molar-refractivity contribution in [1.29, 1.82) is 0 Å². The summed E-state index contributed by atoms with van der Waals surface area (Å²) in [6, 6.07) is 13.5. The Morgan fingerprint density at radius 1 is 1.04 bits per heavy atom. The third-order valence-corrected chi connectivity index (χ3v) is 7.38. The summed E-state index contributed by atoms with van der Waals surface area (Å²) in [6.07, 6.45) is 1.09. The van der Waals surface area contributed by atoms with Crippen LogP contribution >= 0.6 is 0 Å². The predicted molar refractivity (Wildman–Crippen MR) is 110 cm³/mol. The summed E-state index contributed by atoms with van der Waals surface area (Å²) >= 11 is 0. The molecule has 0 aromatic heterocycles. The molecule has 1 fully saturated rings. The van der Waals surface area contributed by atoms with E-state index in [1.165, 1.54) is 4.31 Å². The summed E-state index contributed by atoms with van der Waals surface area (Å²) in [7, 11) is -3.52. The number of carbonyl (C=O) groups excluding carboxylic acids is 1. The van der Waals surface area contributed by atoms with Crippen LogP contribution in [-0.4, -0.2) is 31.7 Å². The van der Waals surface area contributed by atoms with Crippen molar-refractivity contribution < 1.29 is 13.2 Å². The van der Waals surface area contributed by atoms with Gasteiger partial charge in [0.25, 0.3) is 0 Å². The number of nitrogens with one attached hydrogen (secondary N) is 1. The SMILES string of the molecule is Cc1cccc(CNC(=O)C2CCN(S(=O)(=O)c3cc(C)ccc3C)CC2)c1. The van der Waals surface area contributed by atoms with Gasteiger partial charge in [-0.1, -0.05) is 42.0 Å². The molecular weight excluding hydrogens is 372 g/mol. The number of nitrogens with zero attached hydrogens (tertiary/aromatic N) is 1. The van der Waals surface area contributed by atoms with Crippen LogP contribution in [0, 0.1) is 26.7 Å². The molecular formula is C22H28N2O3S. The van der Waals surface area contributed by atoms with Gasteiger partial charge < -0.3 is 5.32 Å². The highest BCUT2D eigenvalue weighted by molar-refractivity contribution is 7.89. The first-order valence-corrected chi connectivity index (χ1v) is 11.1. The molecule has 0 atom stereocenters. The van der Waals surface area contributed by atoms with Gasteiger partial charge >= 0.3 is 0 Å². The smallest absolute Gasteiger partial charge is 0.243 e. The number of benzene rings is 2. The van der Waals surface area contributed by atoms with Crippen LogP contribution in [-0.2, 0) is 21.4 Å². The van der Waals surface area contributed by atoms with E-state index in [1.54, 1.807) is 6.07 Å². The van der Waals surface area contributed by atoms with Gasteiger partial charge in [-0.3, -0.25) is 4.79 Å². The summed E-state index contributed by atoms with van der Waals surface area (Å²) in [5.74, 6) is -0.139. The number of amides is 1. The van der Waals surface area contributed by atoms with Crippen LogP contribution in [0.25, 0.3) is 0 Å². The van der Waals surface area contributed by atoms with E-state index < -0.39 is 10.0 Å². The third-order valence-electron chi connectivity index (χ3n) is 5.34. The molecule has 2 aromatic rings. The first-order chi connectivity index (χ1) is 13.3. The second-order valence-electron chi connectivity index (χ2n) is 7.65. The zero-order chi connectivity index (χ0) is 20.3. The van der Waals surface area contributed by atoms with Crippen molar-refractivity contribution in [2.75, 3.05) is 13.1 Å². The lowest BCUT2D eigenvalue weighted by Gasteiger charge is -2.31. The molecule has 3 rings (SSSR count). The lowest BCUT2D eigenvalue weighted by Crippen LogP contribution is -2.43. The Bertz CT molecular complexity index is 961. The molecule has 1 aliphatic heterocycles. The molecule has 1 amide bonds. The van der Waals surface area contributed by atoms with Crippen molar-refractivity contribution in [3.05, 3.63) is 64.7 Å². The second kappa shape index (κ2) is 8.45. The molecule has 0 saturated carbocycles. The maximum atomic E-state index is 13.0. The fraction of sp³-hybridized carbons (Fsp3) is 0.409. The first-order valence-electron chi connectivity index (χ1n) is 9.68. The second-order valence-corrected chi connectivity index (χ2v) is 9.56. The van der Waals surface area contributed by atoms with Crippen molar-refractivity contribution in [3.8, 4) is 0 Å². The van der Waals surface area contributed by atoms with E-state index in [-0.39, 0.29) is 11.8 Å². The normalized spacial score (nSPS) is 16.1. The summed E-state index contributed by atoms with van der Waals surface area (Å²) in [4.78, 5) is 12.9. The van der Waals surface area contributed by atoms with Gasteiger partial charge in [-0.2, -0.15) is 4.31 Å². The van der Waals surface area contributed by atoms with E-state index in [2.05, 4.69) is 11.4 Å². The molecule has 0 spiro atoms. The number of piperidine rings is 1. The summed E-state index contributed by atoms with van der Waals surface area (Å²) < 4.78 is 27.5. The fourth-order valence-corrected chi connectivity index (χ4v) is 5.42. The molecule has 5 nitrogen and oxygen atoms in total. The van der Waals surface area contributed by atoms with Gasteiger partial charge in [0.1, 0.15) is 0 Å². The van der Waals surface area contributed by atoms with Gasteiger partial charge in [-0.25, -0.2) is 8.42 Å². The number of hydrogen-bond acceptors (Lipinski definition) is 3. The average Bonchev–Trinajstić information content (AvgIpc) is 2.68. The predicted octanol–water partition coefficient (Wildman–Crippen LogP) is 3.33. The molecule has 28 heavy (non-hydrogen) atoms. The van der Waals surface area contributed by atoms with Crippen molar-refractivity contribution in [2.24, 2.45) is 5.92 Å². The van der Waals surface area contributed by atoms with Crippen LogP contribution < -0.4 is 5.32 Å². The van der Waals surface area contributed by atoms with Crippen molar-refractivity contribution in [1.82, 2.24) is 9.62 Å². The van der Waals surface area contributed by atoms with Crippen LogP contribution in [0.3, 0.4) is 0 Å². The van der Waals surface area contributed by atoms with Gasteiger partial charge in [0, 0.05) is 25.6 Å². The zero-order valence-corrected chi connectivity index (χ0v) is 17.6. The monoisotopic (exact) mass is 400 g/mol. The number of sulfonamides is 1. The highest BCUT2D eigenvalue weighted by Crippen LogP contribution is 2.26. The van der Waals surface area contributed by atoms with Crippen LogP contribution in [0.5, 0.6) is 0 Å². The number of rotatable bonds is 5. The lowest BCUT2D eigenvalue weighted by atomic mass is 9.97. The van der Waals surface area contributed by atoms with E-state index in [0.29, 0.717) is 37.4 Å². The maximum Gasteiger partial charge on any atom is 0.243 e. The molecule has 150 valence electrons.